The predicted octanol–water partition coefficient (Wildman–Crippen LogP) is 5.97. The predicted molar refractivity (Wildman–Crippen MR) is 82.4 cm³/mol. The molecule has 1 heterocycles. The summed E-state index contributed by atoms with van der Waals surface area (Å²) in [4.78, 5) is 4.03. The van der Waals surface area contributed by atoms with Gasteiger partial charge in [0.1, 0.15) is 5.15 Å². The van der Waals surface area contributed by atoms with Crippen LogP contribution in [0.15, 0.2) is 24.4 Å². The average molecular weight is 419 g/mol. The van der Waals surface area contributed by atoms with Crippen LogP contribution in [0.3, 0.4) is 0 Å². The van der Waals surface area contributed by atoms with Crippen molar-refractivity contribution in [2.24, 2.45) is 0 Å². The summed E-state index contributed by atoms with van der Waals surface area (Å²) in [6.45, 7) is 0. The number of nitrogens with zero attached hydrogens (tertiary/aromatic N) is 1. The molecule has 0 fully saturated rings. The quantitative estimate of drug-likeness (QED) is 0.316. The fraction of sp³-hybridized carbons (Fsp3) is 0. The van der Waals surface area contributed by atoms with E-state index in [-0.39, 0.29) is 0 Å². The lowest BCUT2D eigenvalue weighted by atomic mass is 10.1. The number of benzene rings is 1. The van der Waals surface area contributed by atoms with Crippen LogP contribution >= 0.6 is 69.0 Å². The summed E-state index contributed by atoms with van der Waals surface area (Å²) in [6, 6.07) is 5.11. The Hall–Kier alpha value is 0.260. The van der Waals surface area contributed by atoms with E-state index in [1.54, 1.807) is 24.4 Å². The second-order valence-electron chi connectivity index (χ2n) is 3.24. The average Bonchev–Trinajstić information content (AvgIpc) is 2.24. The summed E-state index contributed by atoms with van der Waals surface area (Å²) in [7, 11) is 0. The zero-order valence-electron chi connectivity index (χ0n) is 8.15. The summed E-state index contributed by atoms with van der Waals surface area (Å²) in [6.07, 6.45) is 1.65. The highest BCUT2D eigenvalue weighted by atomic mass is 127. The van der Waals surface area contributed by atoms with E-state index in [1.165, 1.54) is 0 Å². The monoisotopic (exact) mass is 417 g/mol. The van der Waals surface area contributed by atoms with Gasteiger partial charge in [-0.05, 0) is 40.8 Å². The van der Waals surface area contributed by atoms with E-state index in [0.29, 0.717) is 20.2 Å². The van der Waals surface area contributed by atoms with Crippen molar-refractivity contribution in [3.63, 3.8) is 0 Å². The highest BCUT2D eigenvalue weighted by Gasteiger charge is 2.12. The molecule has 0 spiro atoms. The molecule has 6 heteroatoms. The van der Waals surface area contributed by atoms with E-state index in [4.69, 9.17) is 46.4 Å². The van der Waals surface area contributed by atoms with Crippen molar-refractivity contribution < 1.29 is 0 Å². The van der Waals surface area contributed by atoms with Crippen LogP contribution in [-0.4, -0.2) is 4.98 Å². The third-order valence-electron chi connectivity index (χ3n) is 2.10. The van der Waals surface area contributed by atoms with Crippen LogP contribution in [0.4, 0.5) is 0 Å². The molecule has 1 nitrogen and oxygen atoms in total. The molecule has 0 saturated carbocycles. The van der Waals surface area contributed by atoms with Gasteiger partial charge in [0.2, 0.25) is 0 Å². The number of rotatable bonds is 1. The molecule has 0 bridgehead atoms. The summed E-state index contributed by atoms with van der Waals surface area (Å²) in [5, 5.41) is 1.83. The van der Waals surface area contributed by atoms with Gasteiger partial charge in [-0.2, -0.15) is 0 Å². The van der Waals surface area contributed by atoms with E-state index < -0.39 is 0 Å². The van der Waals surface area contributed by atoms with E-state index in [0.717, 1.165) is 14.7 Å². The first-order valence-corrected chi connectivity index (χ1v) is 7.04. The van der Waals surface area contributed by atoms with E-state index >= 15 is 0 Å². The smallest absolute Gasteiger partial charge is 0.130 e. The first-order chi connectivity index (χ1) is 7.99. The molecule has 0 unspecified atom stereocenters. The van der Waals surface area contributed by atoms with Gasteiger partial charge in [-0.1, -0.05) is 46.4 Å². The standard InChI is InChI=1S/C11H4Cl4IN/c12-5-1-6(11(15)8(13)2-5)7-4-17-10(14)3-9(7)16/h1-4H. The number of hydrogen-bond acceptors (Lipinski definition) is 1. The summed E-state index contributed by atoms with van der Waals surface area (Å²) >= 11 is 26.1. The Kier molecular flexibility index (Phi) is 4.42. The van der Waals surface area contributed by atoms with Gasteiger partial charge in [-0.15, -0.1) is 0 Å². The molecule has 0 amide bonds. The van der Waals surface area contributed by atoms with Crippen LogP contribution in [0.1, 0.15) is 0 Å². The zero-order valence-corrected chi connectivity index (χ0v) is 13.3. The van der Waals surface area contributed by atoms with Crippen molar-refractivity contribution in [3.05, 3.63) is 48.2 Å². The number of aromatic nitrogens is 1. The van der Waals surface area contributed by atoms with Crippen LogP contribution < -0.4 is 0 Å². The molecule has 1 aromatic carbocycles. The van der Waals surface area contributed by atoms with Crippen LogP contribution in [0.25, 0.3) is 11.1 Å². The first kappa shape index (κ1) is 13.7. The van der Waals surface area contributed by atoms with Crippen molar-refractivity contribution in [3.8, 4) is 11.1 Å². The van der Waals surface area contributed by atoms with Gasteiger partial charge in [0, 0.05) is 25.9 Å². The van der Waals surface area contributed by atoms with Crippen molar-refractivity contribution in [2.45, 2.75) is 0 Å². The van der Waals surface area contributed by atoms with Crippen LogP contribution in [0.5, 0.6) is 0 Å². The van der Waals surface area contributed by atoms with Gasteiger partial charge in [0.05, 0.1) is 10.0 Å². The third-order valence-corrected chi connectivity index (χ3v) is 4.22. The molecule has 0 aliphatic rings. The van der Waals surface area contributed by atoms with Gasteiger partial charge in [0.15, 0.2) is 0 Å². The molecule has 0 radical (unpaired) electrons. The van der Waals surface area contributed by atoms with Crippen LogP contribution in [0, 0.1) is 3.57 Å². The fourth-order valence-corrected chi connectivity index (χ4v) is 3.13. The van der Waals surface area contributed by atoms with Crippen LogP contribution in [0.2, 0.25) is 20.2 Å². The molecule has 1 aromatic heterocycles. The van der Waals surface area contributed by atoms with E-state index in [1.807, 2.05) is 0 Å². The highest BCUT2D eigenvalue weighted by molar-refractivity contribution is 14.1. The van der Waals surface area contributed by atoms with Gasteiger partial charge >= 0.3 is 0 Å². The summed E-state index contributed by atoms with van der Waals surface area (Å²) < 4.78 is 0.933. The largest absolute Gasteiger partial charge is 0.244 e. The summed E-state index contributed by atoms with van der Waals surface area (Å²) in [5.41, 5.74) is 1.60. The lowest BCUT2D eigenvalue weighted by Gasteiger charge is -2.09. The van der Waals surface area contributed by atoms with Gasteiger partial charge in [-0.25, -0.2) is 4.98 Å². The van der Waals surface area contributed by atoms with E-state index in [2.05, 4.69) is 27.6 Å². The maximum atomic E-state index is 6.16. The lowest BCUT2D eigenvalue weighted by Crippen LogP contribution is -1.88. The molecular weight excluding hydrogens is 415 g/mol. The molecule has 0 atom stereocenters. The minimum absolute atomic E-state index is 0.417. The Morgan fingerprint density at radius 1 is 0.941 bits per heavy atom. The topological polar surface area (TPSA) is 12.9 Å². The molecule has 2 rings (SSSR count). The van der Waals surface area contributed by atoms with Gasteiger partial charge in [-0.3, -0.25) is 0 Å². The Balaban J connectivity index is 2.68. The van der Waals surface area contributed by atoms with Crippen molar-refractivity contribution in [1.29, 1.82) is 0 Å². The molecule has 88 valence electrons. The molecule has 17 heavy (non-hydrogen) atoms. The van der Waals surface area contributed by atoms with Gasteiger partial charge < -0.3 is 0 Å². The highest BCUT2D eigenvalue weighted by Crippen LogP contribution is 2.38. The normalized spacial score (nSPS) is 10.6. The molecule has 0 aliphatic heterocycles. The summed E-state index contributed by atoms with van der Waals surface area (Å²) in [5.74, 6) is 0. The third kappa shape index (κ3) is 2.99. The molecule has 0 saturated heterocycles. The first-order valence-electron chi connectivity index (χ1n) is 4.45. The molecule has 0 aliphatic carbocycles. The number of halogens is 5. The van der Waals surface area contributed by atoms with Crippen molar-refractivity contribution >= 4 is 69.0 Å². The SMILES string of the molecule is Clc1cc(Cl)c(Cl)c(-c2cnc(Cl)cc2I)c1. The second kappa shape index (κ2) is 5.49. The van der Waals surface area contributed by atoms with E-state index in [9.17, 15) is 0 Å². The minimum atomic E-state index is 0.417. The maximum Gasteiger partial charge on any atom is 0.130 e. The second-order valence-corrected chi connectivity index (χ2v) is 6.01. The fourth-order valence-electron chi connectivity index (χ4n) is 1.36. The van der Waals surface area contributed by atoms with Crippen molar-refractivity contribution in [1.82, 2.24) is 4.98 Å². The lowest BCUT2D eigenvalue weighted by molar-refractivity contribution is 1.31. The minimum Gasteiger partial charge on any atom is -0.244 e. The van der Waals surface area contributed by atoms with Gasteiger partial charge in [0.25, 0.3) is 0 Å². The number of pyridine rings is 1. The number of hydrogen-bond donors (Lipinski definition) is 0. The maximum absolute atomic E-state index is 6.16. The van der Waals surface area contributed by atoms with Crippen LogP contribution in [-0.2, 0) is 0 Å². The Labute approximate surface area is 132 Å². The zero-order chi connectivity index (χ0) is 12.6. The van der Waals surface area contributed by atoms with Crippen molar-refractivity contribution in [2.75, 3.05) is 0 Å². The Morgan fingerprint density at radius 3 is 2.29 bits per heavy atom. The Bertz CT molecular complexity index is 586. The Morgan fingerprint density at radius 2 is 1.65 bits per heavy atom. The molecular formula is C11H4Cl4IN. The molecule has 0 N–H and O–H groups in total. The molecule has 2 aromatic rings.